The highest BCUT2D eigenvalue weighted by Gasteiger charge is 2.45. The van der Waals surface area contributed by atoms with Crippen LogP contribution in [0.2, 0.25) is 10.0 Å². The second-order valence-corrected chi connectivity index (χ2v) is 8.27. The van der Waals surface area contributed by atoms with Crippen LogP contribution in [0, 0.1) is 0 Å². The Labute approximate surface area is 201 Å². The van der Waals surface area contributed by atoms with Gasteiger partial charge in [-0.1, -0.05) is 41.4 Å². The SMILES string of the molecule is CCOc1ccc(/C=C(\F)OCC2COC(Cn3ccnc3)(c3ccc(Cl)cc3Cl)O2)cc1. The third kappa shape index (κ3) is 5.86. The number of hydrogen-bond acceptors (Lipinski definition) is 5. The second-order valence-electron chi connectivity index (χ2n) is 7.42. The summed E-state index contributed by atoms with van der Waals surface area (Å²) in [6.07, 6.45) is 5.90. The molecule has 2 aromatic carbocycles. The number of rotatable bonds is 9. The van der Waals surface area contributed by atoms with Gasteiger partial charge in [0.2, 0.25) is 5.79 Å². The molecular weight excluding hydrogens is 470 g/mol. The smallest absolute Gasteiger partial charge is 0.273 e. The van der Waals surface area contributed by atoms with Crippen LogP contribution in [-0.4, -0.2) is 35.5 Å². The maximum atomic E-state index is 14.4. The van der Waals surface area contributed by atoms with E-state index in [2.05, 4.69) is 4.98 Å². The van der Waals surface area contributed by atoms with E-state index in [0.717, 1.165) is 5.75 Å². The fourth-order valence-electron chi connectivity index (χ4n) is 3.55. The number of aromatic nitrogens is 2. The zero-order valence-corrected chi connectivity index (χ0v) is 19.4. The van der Waals surface area contributed by atoms with E-state index in [0.29, 0.717) is 34.3 Å². The van der Waals surface area contributed by atoms with Crippen molar-refractivity contribution in [2.45, 2.75) is 25.4 Å². The largest absolute Gasteiger partial charge is 0.494 e. The van der Waals surface area contributed by atoms with Crippen molar-refractivity contribution < 1.29 is 23.3 Å². The summed E-state index contributed by atoms with van der Waals surface area (Å²) in [7, 11) is 0. The van der Waals surface area contributed by atoms with E-state index in [1.165, 1.54) is 6.08 Å². The average molecular weight is 493 g/mol. The molecule has 1 aliphatic rings. The molecule has 0 saturated carbocycles. The number of halogens is 3. The van der Waals surface area contributed by atoms with Crippen LogP contribution in [0.4, 0.5) is 4.39 Å². The Balaban J connectivity index is 1.44. The summed E-state index contributed by atoms with van der Waals surface area (Å²) in [6.45, 7) is 2.94. The molecule has 0 radical (unpaired) electrons. The predicted octanol–water partition coefficient (Wildman–Crippen LogP) is 5.84. The minimum absolute atomic E-state index is 0.0315. The van der Waals surface area contributed by atoms with Gasteiger partial charge in [0.15, 0.2) is 0 Å². The highest BCUT2D eigenvalue weighted by Crippen LogP contribution is 2.40. The maximum Gasteiger partial charge on any atom is 0.273 e. The van der Waals surface area contributed by atoms with Gasteiger partial charge < -0.3 is 23.5 Å². The normalized spacial score (nSPS) is 20.7. The molecule has 1 fully saturated rings. The topological polar surface area (TPSA) is 54.7 Å². The fourth-order valence-corrected chi connectivity index (χ4v) is 4.10. The van der Waals surface area contributed by atoms with Crippen molar-refractivity contribution in [3.63, 3.8) is 0 Å². The van der Waals surface area contributed by atoms with E-state index in [9.17, 15) is 4.39 Å². The molecule has 9 heteroatoms. The van der Waals surface area contributed by atoms with Gasteiger partial charge in [0.25, 0.3) is 6.01 Å². The molecule has 4 rings (SSSR count). The van der Waals surface area contributed by atoms with Crippen molar-refractivity contribution in [2.24, 2.45) is 0 Å². The molecule has 6 nitrogen and oxygen atoms in total. The van der Waals surface area contributed by atoms with E-state index in [1.54, 1.807) is 61.2 Å². The maximum absolute atomic E-state index is 14.4. The minimum atomic E-state index is -1.19. The van der Waals surface area contributed by atoms with Gasteiger partial charge in [0.1, 0.15) is 18.5 Å². The quantitative estimate of drug-likeness (QED) is 0.351. The molecule has 33 heavy (non-hydrogen) atoms. The molecule has 0 amide bonds. The average Bonchev–Trinajstić information content (AvgIpc) is 3.45. The van der Waals surface area contributed by atoms with Gasteiger partial charge in [-0.05, 0) is 36.8 Å². The molecule has 0 N–H and O–H groups in total. The lowest BCUT2D eigenvalue weighted by Crippen LogP contribution is -2.34. The number of hydrogen-bond donors (Lipinski definition) is 0. The predicted molar refractivity (Wildman–Crippen MR) is 124 cm³/mol. The Morgan fingerprint density at radius 2 is 2.09 bits per heavy atom. The standard InChI is InChI=1S/C24H23Cl2FN2O4/c1-2-30-19-6-3-17(4-7-19)11-23(27)31-13-20-14-32-24(33-20,15-29-10-9-28-16-29)21-8-5-18(25)12-22(21)26/h3-12,16,20H,2,13-15H2,1H3/b23-11+. The van der Waals surface area contributed by atoms with Crippen LogP contribution in [0.5, 0.6) is 5.75 Å². The number of imidazole rings is 1. The Kier molecular flexibility index (Phi) is 7.55. The lowest BCUT2D eigenvalue weighted by atomic mass is 10.1. The molecule has 174 valence electrons. The van der Waals surface area contributed by atoms with Crippen LogP contribution >= 0.6 is 23.2 Å². The highest BCUT2D eigenvalue weighted by molar-refractivity contribution is 6.35. The van der Waals surface area contributed by atoms with Gasteiger partial charge >= 0.3 is 0 Å². The van der Waals surface area contributed by atoms with Gasteiger partial charge in [-0.15, -0.1) is 0 Å². The van der Waals surface area contributed by atoms with Gasteiger partial charge in [0, 0.05) is 29.1 Å². The van der Waals surface area contributed by atoms with Crippen LogP contribution < -0.4 is 4.74 Å². The first kappa shape index (κ1) is 23.6. The van der Waals surface area contributed by atoms with Crippen LogP contribution in [0.1, 0.15) is 18.1 Å². The monoisotopic (exact) mass is 492 g/mol. The first-order chi connectivity index (χ1) is 16.0. The molecule has 1 aromatic heterocycles. The number of benzene rings is 2. The molecule has 1 saturated heterocycles. The number of nitrogens with zero attached hydrogens (tertiary/aromatic N) is 2. The second kappa shape index (κ2) is 10.6. The third-order valence-electron chi connectivity index (χ3n) is 5.03. The summed E-state index contributed by atoms with van der Waals surface area (Å²) in [6, 6.07) is 11.4. The summed E-state index contributed by atoms with van der Waals surface area (Å²) in [5.41, 5.74) is 1.28. The van der Waals surface area contributed by atoms with Crippen LogP contribution in [0.15, 0.2) is 67.2 Å². The van der Waals surface area contributed by atoms with Crippen molar-refractivity contribution in [3.8, 4) is 5.75 Å². The molecule has 2 heterocycles. The van der Waals surface area contributed by atoms with Gasteiger partial charge in [-0.25, -0.2) is 4.98 Å². The first-order valence-corrected chi connectivity index (χ1v) is 11.2. The van der Waals surface area contributed by atoms with E-state index < -0.39 is 17.9 Å². The van der Waals surface area contributed by atoms with Gasteiger partial charge in [0.05, 0.1) is 31.1 Å². The fraction of sp³-hybridized carbons (Fsp3) is 0.292. The third-order valence-corrected chi connectivity index (χ3v) is 5.58. The van der Waals surface area contributed by atoms with Crippen molar-refractivity contribution >= 4 is 29.3 Å². The zero-order valence-electron chi connectivity index (χ0n) is 17.9. The summed E-state index contributed by atoms with van der Waals surface area (Å²) in [5.74, 6) is -0.464. The summed E-state index contributed by atoms with van der Waals surface area (Å²) < 4.78 is 39.2. The number of ether oxygens (including phenoxy) is 4. The lowest BCUT2D eigenvalue weighted by molar-refractivity contribution is -0.190. The van der Waals surface area contributed by atoms with Crippen LogP contribution in [0.3, 0.4) is 0 Å². The zero-order chi connectivity index (χ0) is 23.3. The van der Waals surface area contributed by atoms with Gasteiger partial charge in [-0.3, -0.25) is 0 Å². The molecule has 2 atom stereocenters. The Morgan fingerprint density at radius 3 is 2.79 bits per heavy atom. The molecule has 0 aliphatic carbocycles. The van der Waals surface area contributed by atoms with Crippen LogP contribution in [0.25, 0.3) is 6.08 Å². The highest BCUT2D eigenvalue weighted by atomic mass is 35.5. The van der Waals surface area contributed by atoms with Crippen molar-refractivity contribution in [3.05, 3.63) is 88.4 Å². The van der Waals surface area contributed by atoms with Crippen molar-refractivity contribution in [1.82, 2.24) is 9.55 Å². The summed E-state index contributed by atoms with van der Waals surface area (Å²) in [4.78, 5) is 4.07. The molecule has 0 spiro atoms. The minimum Gasteiger partial charge on any atom is -0.494 e. The molecular formula is C24H23Cl2FN2O4. The first-order valence-electron chi connectivity index (χ1n) is 10.4. The molecule has 2 unspecified atom stereocenters. The Morgan fingerprint density at radius 1 is 1.27 bits per heavy atom. The van der Waals surface area contributed by atoms with E-state index in [1.807, 2.05) is 11.5 Å². The van der Waals surface area contributed by atoms with E-state index in [-0.39, 0.29) is 13.2 Å². The van der Waals surface area contributed by atoms with E-state index in [4.69, 9.17) is 42.1 Å². The van der Waals surface area contributed by atoms with Crippen molar-refractivity contribution in [1.29, 1.82) is 0 Å². The van der Waals surface area contributed by atoms with Crippen molar-refractivity contribution in [2.75, 3.05) is 19.8 Å². The van der Waals surface area contributed by atoms with Crippen LogP contribution in [-0.2, 0) is 26.5 Å². The molecule has 1 aliphatic heterocycles. The Bertz CT molecular complexity index is 1090. The summed E-state index contributed by atoms with van der Waals surface area (Å²) in [5, 5.41) is 0.909. The lowest BCUT2D eigenvalue weighted by Gasteiger charge is -2.29. The Hall–Kier alpha value is -2.58. The molecule has 0 bridgehead atoms. The van der Waals surface area contributed by atoms with Gasteiger partial charge in [-0.2, -0.15) is 4.39 Å². The summed E-state index contributed by atoms with van der Waals surface area (Å²) >= 11 is 12.5. The molecule has 3 aromatic rings. The van der Waals surface area contributed by atoms with E-state index >= 15 is 0 Å².